The van der Waals surface area contributed by atoms with E-state index in [1.807, 2.05) is 4.90 Å². The Morgan fingerprint density at radius 3 is 2.54 bits per heavy atom. The van der Waals surface area contributed by atoms with Gasteiger partial charge in [0.05, 0.1) is 0 Å². The smallest absolute Gasteiger partial charge is 0.239 e. The Kier molecular flexibility index (Phi) is 5.92. The molecule has 0 radical (unpaired) electrons. The Balaban J connectivity index is 1.61. The highest BCUT2D eigenvalue weighted by atomic mass is 16.2. The fraction of sp³-hybridized carbons (Fsp3) is 0.900. The molecule has 0 saturated carbocycles. The zero-order chi connectivity index (χ0) is 18.9. The van der Waals surface area contributed by atoms with E-state index in [9.17, 15) is 9.59 Å². The molecule has 3 fully saturated rings. The second-order valence-corrected chi connectivity index (χ2v) is 9.52. The monoisotopic (exact) mass is 364 g/mol. The molecule has 148 valence electrons. The highest BCUT2D eigenvalue weighted by Gasteiger charge is 2.45. The Labute approximate surface area is 158 Å². The van der Waals surface area contributed by atoms with Crippen LogP contribution < -0.4 is 5.32 Å². The number of nitrogens with zero attached hydrogens (tertiary/aromatic N) is 3. The normalized spacial score (nSPS) is 31.0. The molecule has 0 unspecified atom stereocenters. The molecule has 3 aliphatic rings. The lowest BCUT2D eigenvalue weighted by Crippen LogP contribution is -2.51. The number of hydrogen-bond donors (Lipinski definition) is 1. The highest BCUT2D eigenvalue weighted by molar-refractivity contribution is 5.83. The topological polar surface area (TPSA) is 55.9 Å². The van der Waals surface area contributed by atoms with Crippen molar-refractivity contribution in [1.29, 1.82) is 0 Å². The van der Waals surface area contributed by atoms with Crippen LogP contribution in [0.2, 0.25) is 0 Å². The standard InChI is InChI=1S/C20H36N4O2/c1-20(2,3)14-24-12-9-16-18(24)19(26)21-13-15(22(16)4)7-8-17(25)23-10-5-6-11-23/h15-16,18H,5-14H2,1-4H3,(H,21,26)/t15-,16+,18-/m0/s1. The molecule has 3 rings (SSSR count). The first-order valence-electron chi connectivity index (χ1n) is 10.3. The van der Waals surface area contributed by atoms with Crippen molar-refractivity contribution in [1.82, 2.24) is 20.0 Å². The average Bonchev–Trinajstić information content (AvgIpc) is 3.19. The van der Waals surface area contributed by atoms with Crippen LogP contribution in [0.1, 0.15) is 52.9 Å². The second kappa shape index (κ2) is 7.85. The van der Waals surface area contributed by atoms with Gasteiger partial charge in [0.1, 0.15) is 6.04 Å². The van der Waals surface area contributed by atoms with Crippen molar-refractivity contribution in [2.45, 2.75) is 71.0 Å². The molecule has 26 heavy (non-hydrogen) atoms. The van der Waals surface area contributed by atoms with Gasteiger partial charge in [0.25, 0.3) is 0 Å². The molecular weight excluding hydrogens is 328 g/mol. The van der Waals surface area contributed by atoms with Crippen molar-refractivity contribution < 1.29 is 9.59 Å². The molecule has 1 N–H and O–H groups in total. The summed E-state index contributed by atoms with van der Waals surface area (Å²) in [5.74, 6) is 0.445. The summed E-state index contributed by atoms with van der Waals surface area (Å²) in [6.07, 6.45) is 4.72. The molecule has 6 heteroatoms. The van der Waals surface area contributed by atoms with Gasteiger partial charge in [0, 0.05) is 51.2 Å². The highest BCUT2D eigenvalue weighted by Crippen LogP contribution is 2.30. The van der Waals surface area contributed by atoms with E-state index in [-0.39, 0.29) is 35.4 Å². The number of nitrogens with one attached hydrogen (secondary N) is 1. The maximum absolute atomic E-state index is 12.8. The van der Waals surface area contributed by atoms with Crippen LogP contribution in [-0.2, 0) is 9.59 Å². The van der Waals surface area contributed by atoms with E-state index in [1.54, 1.807) is 0 Å². The lowest BCUT2D eigenvalue weighted by Gasteiger charge is -2.35. The Bertz CT molecular complexity index is 524. The number of likely N-dealkylation sites (N-methyl/N-ethyl adjacent to an activating group) is 1. The first kappa shape index (κ1) is 19.6. The molecule has 0 aromatic heterocycles. The van der Waals surface area contributed by atoms with Crippen LogP contribution in [0.3, 0.4) is 0 Å². The molecule has 2 amide bonds. The van der Waals surface area contributed by atoms with Crippen LogP contribution in [0.5, 0.6) is 0 Å². The van der Waals surface area contributed by atoms with Crippen molar-refractivity contribution in [2.24, 2.45) is 5.41 Å². The fourth-order valence-corrected chi connectivity index (χ4v) is 4.85. The lowest BCUT2D eigenvalue weighted by atomic mass is 9.95. The van der Waals surface area contributed by atoms with Gasteiger partial charge in [-0.25, -0.2) is 0 Å². The van der Waals surface area contributed by atoms with Gasteiger partial charge >= 0.3 is 0 Å². The van der Waals surface area contributed by atoms with Gasteiger partial charge in [-0.2, -0.15) is 0 Å². The summed E-state index contributed by atoms with van der Waals surface area (Å²) >= 11 is 0. The summed E-state index contributed by atoms with van der Waals surface area (Å²) in [6, 6.07) is 0.445. The zero-order valence-corrected chi connectivity index (χ0v) is 17.0. The van der Waals surface area contributed by atoms with Crippen molar-refractivity contribution in [3.05, 3.63) is 0 Å². The molecule has 0 aliphatic carbocycles. The molecule has 3 heterocycles. The van der Waals surface area contributed by atoms with Gasteiger partial charge in [-0.05, 0) is 38.1 Å². The summed E-state index contributed by atoms with van der Waals surface area (Å²) in [4.78, 5) is 31.9. The van der Waals surface area contributed by atoms with E-state index < -0.39 is 0 Å². The number of carbonyl (C=O) groups excluding carboxylic acids is 2. The summed E-state index contributed by atoms with van der Waals surface area (Å²) in [5, 5.41) is 3.16. The quantitative estimate of drug-likeness (QED) is 0.817. The predicted octanol–water partition coefficient (Wildman–Crippen LogP) is 1.31. The molecule has 3 atom stereocenters. The van der Waals surface area contributed by atoms with E-state index in [0.717, 1.165) is 51.9 Å². The Morgan fingerprint density at radius 1 is 1.19 bits per heavy atom. The molecule has 0 bridgehead atoms. The molecule has 6 nitrogen and oxygen atoms in total. The van der Waals surface area contributed by atoms with Crippen molar-refractivity contribution in [3.8, 4) is 0 Å². The van der Waals surface area contributed by atoms with Crippen molar-refractivity contribution in [2.75, 3.05) is 39.8 Å². The number of hydrogen-bond acceptors (Lipinski definition) is 4. The van der Waals surface area contributed by atoms with Crippen LogP contribution >= 0.6 is 0 Å². The molecule has 0 spiro atoms. The second-order valence-electron chi connectivity index (χ2n) is 9.52. The van der Waals surface area contributed by atoms with Gasteiger partial charge in [0.2, 0.25) is 11.8 Å². The first-order chi connectivity index (χ1) is 12.3. The van der Waals surface area contributed by atoms with E-state index in [0.29, 0.717) is 13.0 Å². The first-order valence-corrected chi connectivity index (χ1v) is 10.3. The summed E-state index contributed by atoms with van der Waals surface area (Å²) in [7, 11) is 2.14. The zero-order valence-electron chi connectivity index (χ0n) is 17.0. The third-order valence-corrected chi connectivity index (χ3v) is 6.18. The lowest BCUT2D eigenvalue weighted by molar-refractivity contribution is -0.130. The number of amides is 2. The molecule has 0 aromatic rings. The van der Waals surface area contributed by atoms with Crippen LogP contribution in [-0.4, -0.2) is 84.4 Å². The Hall–Kier alpha value is -1.14. The van der Waals surface area contributed by atoms with Crippen molar-refractivity contribution >= 4 is 11.8 Å². The van der Waals surface area contributed by atoms with Gasteiger partial charge in [-0.1, -0.05) is 20.8 Å². The Morgan fingerprint density at radius 2 is 1.88 bits per heavy atom. The molecule has 3 saturated heterocycles. The number of likely N-dealkylation sites (tertiary alicyclic amines) is 2. The maximum atomic E-state index is 12.8. The van der Waals surface area contributed by atoms with Crippen LogP contribution in [0.4, 0.5) is 0 Å². The average molecular weight is 365 g/mol. The molecule has 0 aromatic carbocycles. The van der Waals surface area contributed by atoms with Gasteiger partial charge in [-0.3, -0.25) is 19.4 Å². The fourth-order valence-electron chi connectivity index (χ4n) is 4.85. The summed E-state index contributed by atoms with van der Waals surface area (Å²) in [6.45, 7) is 11.1. The van der Waals surface area contributed by atoms with Crippen molar-refractivity contribution in [3.63, 3.8) is 0 Å². The number of carbonyl (C=O) groups is 2. The van der Waals surface area contributed by atoms with Crippen LogP contribution in [0, 0.1) is 5.41 Å². The third kappa shape index (κ3) is 4.39. The molecule has 3 aliphatic heterocycles. The third-order valence-electron chi connectivity index (χ3n) is 6.18. The molecular formula is C20H36N4O2. The number of rotatable bonds is 4. The minimum Gasteiger partial charge on any atom is -0.353 e. The van der Waals surface area contributed by atoms with Gasteiger partial charge in [0.15, 0.2) is 0 Å². The summed E-state index contributed by atoms with van der Waals surface area (Å²) < 4.78 is 0. The number of fused-ring (bicyclic) bond motifs is 1. The minimum atomic E-state index is -0.0569. The largest absolute Gasteiger partial charge is 0.353 e. The van der Waals surface area contributed by atoms with E-state index in [2.05, 4.69) is 42.9 Å². The van der Waals surface area contributed by atoms with Crippen LogP contribution in [0.15, 0.2) is 0 Å². The SMILES string of the molecule is CN1[C@@H](CCC(=O)N2CCCC2)CNC(=O)[C@@H]2[C@H]1CCN2CC(C)(C)C. The van der Waals surface area contributed by atoms with E-state index >= 15 is 0 Å². The maximum Gasteiger partial charge on any atom is 0.239 e. The van der Waals surface area contributed by atoms with Gasteiger partial charge in [-0.15, -0.1) is 0 Å². The van der Waals surface area contributed by atoms with E-state index in [1.165, 1.54) is 0 Å². The van der Waals surface area contributed by atoms with Crippen LogP contribution in [0.25, 0.3) is 0 Å². The predicted molar refractivity (Wildman–Crippen MR) is 103 cm³/mol. The van der Waals surface area contributed by atoms with Gasteiger partial charge < -0.3 is 10.2 Å². The minimum absolute atomic E-state index is 0.0569. The van der Waals surface area contributed by atoms with E-state index in [4.69, 9.17) is 0 Å². The summed E-state index contributed by atoms with van der Waals surface area (Å²) in [5.41, 5.74) is 0.182.